The Morgan fingerprint density at radius 3 is 2.75 bits per heavy atom. The minimum absolute atomic E-state index is 0.118. The number of thioether (sulfide) groups is 1. The average molecular weight is 343 g/mol. The predicted octanol–water partition coefficient (Wildman–Crippen LogP) is 2.01. The average Bonchev–Trinajstić information content (AvgIpc) is 3.07. The number of carbonyl (C=O) groups excluding carboxylic acids is 3. The highest BCUT2D eigenvalue weighted by Gasteiger charge is 2.25. The van der Waals surface area contributed by atoms with Crippen LogP contribution in [0.15, 0.2) is 41.3 Å². The predicted molar refractivity (Wildman–Crippen MR) is 88.6 cm³/mol. The number of nitrogens with zero attached hydrogens (tertiary/aromatic N) is 2. The van der Waals surface area contributed by atoms with E-state index in [1.165, 1.54) is 10.8 Å². The van der Waals surface area contributed by atoms with Crippen molar-refractivity contribution in [2.75, 3.05) is 6.61 Å². The first-order chi connectivity index (χ1) is 11.5. The molecule has 122 valence electrons. The summed E-state index contributed by atoms with van der Waals surface area (Å²) in [7, 11) is 1.66. The molecule has 3 rings (SSSR count). The van der Waals surface area contributed by atoms with Crippen molar-refractivity contribution in [3.63, 3.8) is 0 Å². The molecule has 1 aliphatic rings. The molecule has 2 aromatic rings. The second kappa shape index (κ2) is 6.71. The molecule has 1 fully saturated rings. The zero-order valence-corrected chi connectivity index (χ0v) is 13.5. The molecule has 0 aliphatic carbocycles. The minimum atomic E-state index is -0.447. The Morgan fingerprint density at radius 2 is 2.08 bits per heavy atom. The van der Waals surface area contributed by atoms with Gasteiger partial charge in [-0.3, -0.25) is 19.7 Å². The summed E-state index contributed by atoms with van der Waals surface area (Å²) in [6.45, 7) is -0.118. The molecule has 1 saturated heterocycles. The molecular formula is C16H13N3O4S. The van der Waals surface area contributed by atoms with E-state index in [1.54, 1.807) is 37.4 Å². The van der Waals surface area contributed by atoms with Crippen LogP contribution in [0.5, 0.6) is 5.88 Å². The van der Waals surface area contributed by atoms with Crippen LogP contribution in [0.2, 0.25) is 0 Å². The summed E-state index contributed by atoms with van der Waals surface area (Å²) in [6.07, 6.45) is 1.50. The van der Waals surface area contributed by atoms with E-state index in [0.29, 0.717) is 17.1 Å². The highest BCUT2D eigenvalue weighted by Crippen LogP contribution is 2.26. The molecule has 2 heterocycles. The first kappa shape index (κ1) is 16.0. The topological polar surface area (TPSA) is 90.3 Å². The Labute approximate surface area is 141 Å². The van der Waals surface area contributed by atoms with Crippen LogP contribution < -0.4 is 10.1 Å². The van der Waals surface area contributed by atoms with Crippen LogP contribution in [0.3, 0.4) is 0 Å². The number of aryl methyl sites for hydroxylation is 1. The Morgan fingerprint density at radius 1 is 1.33 bits per heavy atom. The summed E-state index contributed by atoms with van der Waals surface area (Å²) in [6, 6.07) is 10.4. The van der Waals surface area contributed by atoms with E-state index in [4.69, 9.17) is 4.74 Å². The number of nitrogens with one attached hydrogen (secondary N) is 1. The van der Waals surface area contributed by atoms with Crippen molar-refractivity contribution in [3.8, 4) is 5.88 Å². The zero-order chi connectivity index (χ0) is 17.1. The van der Waals surface area contributed by atoms with E-state index in [-0.39, 0.29) is 17.3 Å². The molecule has 0 radical (unpaired) electrons. The second-order valence-corrected chi connectivity index (χ2v) is 5.98. The Bertz CT molecular complexity index is 842. The normalized spacial score (nSPS) is 15.6. The number of carbonyl (C=O) groups is 3. The van der Waals surface area contributed by atoms with E-state index in [9.17, 15) is 14.4 Å². The van der Waals surface area contributed by atoms with Gasteiger partial charge in [0.2, 0.25) is 5.88 Å². The van der Waals surface area contributed by atoms with Gasteiger partial charge in [0.05, 0.1) is 10.6 Å². The lowest BCUT2D eigenvalue weighted by atomic mass is 10.1. The quantitative estimate of drug-likeness (QED) is 0.660. The molecule has 0 spiro atoms. The molecule has 0 unspecified atom stereocenters. The molecule has 0 saturated carbocycles. The van der Waals surface area contributed by atoms with Crippen molar-refractivity contribution in [2.24, 2.45) is 7.05 Å². The molecule has 1 aromatic heterocycles. The Hall–Kier alpha value is -2.87. The van der Waals surface area contributed by atoms with E-state index in [2.05, 4.69) is 10.4 Å². The van der Waals surface area contributed by atoms with Gasteiger partial charge in [0.25, 0.3) is 11.1 Å². The van der Waals surface area contributed by atoms with Crippen LogP contribution in [0, 0.1) is 0 Å². The van der Waals surface area contributed by atoms with Crippen molar-refractivity contribution in [3.05, 3.63) is 52.6 Å². The number of hydrogen-bond acceptors (Lipinski definition) is 6. The second-order valence-electron chi connectivity index (χ2n) is 4.96. The summed E-state index contributed by atoms with van der Waals surface area (Å²) in [5, 5.41) is 5.95. The van der Waals surface area contributed by atoms with Gasteiger partial charge in [0.15, 0.2) is 12.4 Å². The van der Waals surface area contributed by atoms with Crippen molar-refractivity contribution < 1.29 is 19.1 Å². The zero-order valence-electron chi connectivity index (χ0n) is 12.7. The van der Waals surface area contributed by atoms with Gasteiger partial charge in [-0.15, -0.1) is 0 Å². The highest BCUT2D eigenvalue weighted by atomic mass is 32.2. The lowest BCUT2D eigenvalue weighted by Crippen LogP contribution is -2.17. The molecule has 1 N–H and O–H groups in total. The lowest BCUT2D eigenvalue weighted by Gasteiger charge is -2.04. The smallest absolute Gasteiger partial charge is 0.290 e. The fourth-order valence-electron chi connectivity index (χ4n) is 2.08. The van der Waals surface area contributed by atoms with Crippen molar-refractivity contribution >= 4 is 34.8 Å². The number of ether oxygens (including phenoxy) is 1. The van der Waals surface area contributed by atoms with E-state index < -0.39 is 11.1 Å². The maximum atomic E-state index is 12.0. The molecule has 7 nitrogen and oxygen atoms in total. The van der Waals surface area contributed by atoms with Crippen LogP contribution >= 0.6 is 11.8 Å². The largest absolute Gasteiger partial charge is 0.469 e. The summed E-state index contributed by atoms with van der Waals surface area (Å²) in [4.78, 5) is 35.0. The molecule has 1 aliphatic heterocycles. The van der Waals surface area contributed by atoms with E-state index in [1.807, 2.05) is 6.07 Å². The summed E-state index contributed by atoms with van der Waals surface area (Å²) < 4.78 is 6.96. The molecule has 8 heteroatoms. The summed E-state index contributed by atoms with van der Waals surface area (Å²) in [5.41, 5.74) is 1.03. The first-order valence-corrected chi connectivity index (χ1v) is 7.84. The van der Waals surface area contributed by atoms with E-state index >= 15 is 0 Å². The van der Waals surface area contributed by atoms with Gasteiger partial charge >= 0.3 is 0 Å². The van der Waals surface area contributed by atoms with Gasteiger partial charge in [-0.25, -0.2) is 4.68 Å². The number of benzene rings is 1. The number of Topliss-reactive ketones (excluding diaryl/α,β-unsaturated/α-hetero) is 1. The number of rotatable bonds is 5. The Balaban J connectivity index is 1.69. The van der Waals surface area contributed by atoms with Gasteiger partial charge in [-0.2, -0.15) is 5.10 Å². The third-order valence-corrected chi connectivity index (χ3v) is 4.03. The van der Waals surface area contributed by atoms with Gasteiger partial charge in [0, 0.05) is 18.7 Å². The Kier molecular flexibility index (Phi) is 4.48. The monoisotopic (exact) mass is 343 g/mol. The molecule has 24 heavy (non-hydrogen) atoms. The maximum absolute atomic E-state index is 12.0. The summed E-state index contributed by atoms with van der Waals surface area (Å²) >= 11 is 0.816. The van der Waals surface area contributed by atoms with Gasteiger partial charge in [-0.05, 0) is 17.8 Å². The van der Waals surface area contributed by atoms with Gasteiger partial charge in [-0.1, -0.05) is 30.3 Å². The van der Waals surface area contributed by atoms with Crippen LogP contribution in [-0.4, -0.2) is 33.3 Å². The molecular weight excluding hydrogens is 330 g/mol. The molecule has 1 aromatic carbocycles. The van der Waals surface area contributed by atoms with Crippen molar-refractivity contribution in [1.82, 2.24) is 15.1 Å². The van der Waals surface area contributed by atoms with Crippen molar-refractivity contribution in [2.45, 2.75) is 0 Å². The number of aromatic nitrogens is 2. The third kappa shape index (κ3) is 3.54. The molecule has 2 amide bonds. The fourth-order valence-corrected chi connectivity index (χ4v) is 2.75. The summed E-state index contributed by atoms with van der Waals surface area (Å²) in [5.74, 6) is -0.203. The standard InChI is InChI=1S/C16H13N3O4S/c1-19-14(23-9-12(20)10-5-3-2-4-6-10)8-11(18-19)7-13-15(21)17-16(22)24-13/h2-8H,9H2,1H3,(H,17,21,22). The van der Waals surface area contributed by atoms with E-state index in [0.717, 1.165) is 11.8 Å². The van der Waals surface area contributed by atoms with Crippen LogP contribution in [0.25, 0.3) is 6.08 Å². The maximum Gasteiger partial charge on any atom is 0.290 e. The highest BCUT2D eigenvalue weighted by molar-refractivity contribution is 8.18. The number of ketones is 1. The van der Waals surface area contributed by atoms with Crippen LogP contribution in [0.4, 0.5) is 4.79 Å². The SMILES string of the molecule is Cn1nc(C=C2SC(=O)NC2=O)cc1OCC(=O)c1ccccc1. The first-order valence-electron chi connectivity index (χ1n) is 7.03. The number of amides is 2. The van der Waals surface area contributed by atoms with Crippen molar-refractivity contribution in [1.29, 1.82) is 0 Å². The molecule has 0 bridgehead atoms. The molecule has 0 atom stereocenters. The fraction of sp³-hybridized carbons (Fsp3) is 0.125. The van der Waals surface area contributed by atoms with Crippen LogP contribution in [0.1, 0.15) is 16.1 Å². The number of imide groups is 1. The lowest BCUT2D eigenvalue weighted by molar-refractivity contribution is -0.115. The van der Waals surface area contributed by atoms with Crippen LogP contribution in [-0.2, 0) is 11.8 Å². The minimum Gasteiger partial charge on any atom is -0.469 e. The van der Waals surface area contributed by atoms with Gasteiger partial charge < -0.3 is 4.74 Å². The van der Waals surface area contributed by atoms with Gasteiger partial charge in [0.1, 0.15) is 0 Å². The number of hydrogen-bond donors (Lipinski definition) is 1. The third-order valence-electron chi connectivity index (χ3n) is 3.22.